The minimum Gasteiger partial charge on any atom is -0.462 e. The second-order valence-electron chi connectivity index (χ2n) is 3.32. The van der Waals surface area contributed by atoms with Crippen molar-refractivity contribution in [2.45, 2.75) is 39.0 Å². The lowest BCUT2D eigenvalue weighted by Gasteiger charge is -2.14. The van der Waals surface area contributed by atoms with Gasteiger partial charge >= 0.3 is 0 Å². The first kappa shape index (κ1) is 8.46. The molecule has 1 aliphatic rings. The maximum atomic E-state index is 8.47. The third-order valence-electron chi connectivity index (χ3n) is 2.66. The maximum Gasteiger partial charge on any atom is 0.107 e. The normalized spacial score (nSPS) is 20.8. The molecule has 0 aromatic heterocycles. The first-order valence-electron chi connectivity index (χ1n) is 4.53. The van der Waals surface area contributed by atoms with E-state index in [9.17, 15) is 0 Å². The zero-order chi connectivity index (χ0) is 8.10. The van der Waals surface area contributed by atoms with E-state index in [4.69, 9.17) is 5.11 Å². The lowest BCUT2D eigenvalue weighted by Crippen LogP contribution is -2.07. The number of aliphatic hydroxyl groups is 1. The molecule has 1 aliphatic carbocycles. The van der Waals surface area contributed by atoms with Crippen LogP contribution in [0, 0.1) is 23.9 Å². The Kier molecular flexibility index (Phi) is 3.29. The lowest BCUT2D eigenvalue weighted by atomic mass is 9.89. The molecule has 0 radical (unpaired) electrons. The molecule has 1 atom stereocenters. The summed E-state index contributed by atoms with van der Waals surface area (Å²) in [5.41, 5.74) is 0. The Labute approximate surface area is 68.8 Å². The summed E-state index contributed by atoms with van der Waals surface area (Å²) < 4.78 is 0. The molecule has 1 saturated carbocycles. The van der Waals surface area contributed by atoms with E-state index in [0.717, 1.165) is 12.3 Å². The predicted molar refractivity (Wildman–Crippen MR) is 45.5 cm³/mol. The van der Waals surface area contributed by atoms with E-state index in [1.165, 1.54) is 25.7 Å². The van der Waals surface area contributed by atoms with Crippen LogP contribution in [0.2, 0.25) is 0 Å². The molecule has 0 bridgehead atoms. The smallest absolute Gasteiger partial charge is 0.107 e. The molecule has 0 aromatic rings. The summed E-state index contributed by atoms with van der Waals surface area (Å²) in [6.45, 7) is 2.15. The minimum atomic E-state index is 0.447. The average Bonchev–Trinajstić information content (AvgIpc) is 2.52. The van der Waals surface area contributed by atoms with Crippen molar-refractivity contribution in [3.05, 3.63) is 0 Å². The molecule has 0 amide bonds. The highest BCUT2D eigenvalue weighted by atomic mass is 16.2. The largest absolute Gasteiger partial charge is 0.462 e. The quantitative estimate of drug-likeness (QED) is 0.603. The Hall–Kier alpha value is -0.640. The van der Waals surface area contributed by atoms with Crippen LogP contribution in [0.4, 0.5) is 0 Å². The van der Waals surface area contributed by atoms with Crippen LogP contribution >= 0.6 is 0 Å². The number of hydrogen-bond acceptors (Lipinski definition) is 1. The van der Waals surface area contributed by atoms with Crippen LogP contribution in [-0.4, -0.2) is 5.11 Å². The van der Waals surface area contributed by atoms with Crippen molar-refractivity contribution in [3.63, 3.8) is 0 Å². The fourth-order valence-corrected chi connectivity index (χ4v) is 2.00. The van der Waals surface area contributed by atoms with Crippen molar-refractivity contribution >= 4 is 0 Å². The van der Waals surface area contributed by atoms with Gasteiger partial charge in [-0.05, 0) is 25.2 Å². The molecule has 0 heterocycles. The fraction of sp³-hybridized carbons (Fsp3) is 0.800. The third-order valence-corrected chi connectivity index (χ3v) is 2.66. The molecule has 0 saturated heterocycles. The first-order valence-corrected chi connectivity index (χ1v) is 4.53. The second kappa shape index (κ2) is 4.28. The van der Waals surface area contributed by atoms with Crippen molar-refractivity contribution in [1.82, 2.24) is 0 Å². The predicted octanol–water partition coefficient (Wildman–Crippen LogP) is 2.54. The van der Waals surface area contributed by atoms with Crippen LogP contribution in [0.15, 0.2) is 0 Å². The van der Waals surface area contributed by atoms with E-state index in [2.05, 4.69) is 12.8 Å². The van der Waals surface area contributed by atoms with Crippen LogP contribution in [0.5, 0.6) is 0 Å². The van der Waals surface area contributed by atoms with Gasteiger partial charge in [-0.15, -0.1) is 0 Å². The maximum absolute atomic E-state index is 8.47. The van der Waals surface area contributed by atoms with E-state index in [1.807, 2.05) is 6.11 Å². The number of aliphatic hydroxyl groups excluding tert-OH is 1. The summed E-state index contributed by atoms with van der Waals surface area (Å²) in [4.78, 5) is 0. The van der Waals surface area contributed by atoms with Gasteiger partial charge in [0.15, 0.2) is 0 Å². The summed E-state index contributed by atoms with van der Waals surface area (Å²) in [7, 11) is 0. The van der Waals surface area contributed by atoms with Gasteiger partial charge in [0.25, 0.3) is 0 Å². The Morgan fingerprint density at radius 1 is 1.45 bits per heavy atom. The Morgan fingerprint density at radius 2 is 2.09 bits per heavy atom. The van der Waals surface area contributed by atoms with Gasteiger partial charge in [-0.25, -0.2) is 0 Å². The molecular weight excluding hydrogens is 136 g/mol. The van der Waals surface area contributed by atoms with Gasteiger partial charge in [0.1, 0.15) is 6.11 Å². The first-order chi connectivity index (χ1) is 5.38. The van der Waals surface area contributed by atoms with Crippen LogP contribution in [0.25, 0.3) is 0 Å². The highest BCUT2D eigenvalue weighted by Gasteiger charge is 2.21. The summed E-state index contributed by atoms with van der Waals surface area (Å²) in [6.07, 6.45) is 8.46. The van der Waals surface area contributed by atoms with Gasteiger partial charge in [-0.1, -0.05) is 25.7 Å². The van der Waals surface area contributed by atoms with E-state index in [0.29, 0.717) is 5.92 Å². The lowest BCUT2D eigenvalue weighted by molar-refractivity contribution is 0.403. The fourth-order valence-electron chi connectivity index (χ4n) is 2.00. The zero-order valence-electron chi connectivity index (χ0n) is 7.14. The molecule has 1 unspecified atom stereocenters. The molecule has 1 fully saturated rings. The van der Waals surface area contributed by atoms with Gasteiger partial charge in [-0.3, -0.25) is 0 Å². The Balaban J connectivity index is 2.44. The monoisotopic (exact) mass is 152 g/mol. The Morgan fingerprint density at radius 3 is 2.55 bits per heavy atom. The molecule has 0 spiro atoms. The van der Waals surface area contributed by atoms with Crippen LogP contribution in [0.3, 0.4) is 0 Å². The molecule has 62 valence electrons. The van der Waals surface area contributed by atoms with Crippen molar-refractivity contribution < 1.29 is 5.11 Å². The SMILES string of the molecule is CCC(C#CO)C1CCCC1. The molecular formula is C10H16O. The van der Waals surface area contributed by atoms with E-state index >= 15 is 0 Å². The van der Waals surface area contributed by atoms with Crippen LogP contribution < -0.4 is 0 Å². The topological polar surface area (TPSA) is 20.2 Å². The summed E-state index contributed by atoms with van der Waals surface area (Å²) >= 11 is 0. The number of rotatable bonds is 2. The second-order valence-corrected chi connectivity index (χ2v) is 3.32. The van der Waals surface area contributed by atoms with Crippen molar-refractivity contribution in [2.75, 3.05) is 0 Å². The standard InChI is InChI=1S/C10H16O/c1-2-9(7-8-11)10-5-3-4-6-10/h9-11H,2-6H2,1H3. The van der Waals surface area contributed by atoms with Crippen LogP contribution in [0.1, 0.15) is 39.0 Å². The Bertz CT molecular complexity index is 157. The van der Waals surface area contributed by atoms with Crippen LogP contribution in [-0.2, 0) is 0 Å². The van der Waals surface area contributed by atoms with E-state index in [-0.39, 0.29) is 0 Å². The van der Waals surface area contributed by atoms with Gasteiger partial charge < -0.3 is 5.11 Å². The summed E-state index contributed by atoms with van der Waals surface area (Å²) in [5, 5.41) is 8.47. The van der Waals surface area contributed by atoms with Crippen molar-refractivity contribution in [2.24, 2.45) is 11.8 Å². The van der Waals surface area contributed by atoms with E-state index in [1.54, 1.807) is 0 Å². The van der Waals surface area contributed by atoms with Gasteiger partial charge in [-0.2, -0.15) is 0 Å². The van der Waals surface area contributed by atoms with E-state index < -0.39 is 0 Å². The molecule has 1 nitrogen and oxygen atoms in total. The zero-order valence-corrected chi connectivity index (χ0v) is 7.14. The highest BCUT2D eigenvalue weighted by molar-refractivity contribution is 5.00. The highest BCUT2D eigenvalue weighted by Crippen LogP contribution is 2.32. The van der Waals surface area contributed by atoms with Gasteiger partial charge in [0, 0.05) is 5.92 Å². The minimum absolute atomic E-state index is 0.447. The summed E-state index contributed by atoms with van der Waals surface area (Å²) in [5.74, 6) is 4.09. The molecule has 0 aromatic carbocycles. The molecule has 11 heavy (non-hydrogen) atoms. The molecule has 0 aliphatic heterocycles. The van der Waals surface area contributed by atoms with Gasteiger partial charge in [0.2, 0.25) is 0 Å². The summed E-state index contributed by atoms with van der Waals surface area (Å²) in [6, 6.07) is 0. The molecule has 1 N–H and O–H groups in total. The van der Waals surface area contributed by atoms with Crippen molar-refractivity contribution in [3.8, 4) is 12.0 Å². The number of hydrogen-bond donors (Lipinski definition) is 1. The third kappa shape index (κ3) is 2.15. The average molecular weight is 152 g/mol. The van der Waals surface area contributed by atoms with Gasteiger partial charge in [0.05, 0.1) is 0 Å². The van der Waals surface area contributed by atoms with Crippen molar-refractivity contribution in [1.29, 1.82) is 0 Å². The molecule has 1 heteroatoms. The molecule has 1 rings (SSSR count).